The van der Waals surface area contributed by atoms with Gasteiger partial charge in [-0.25, -0.2) is 0 Å². The largest absolute Gasteiger partial charge is 0.379 e. The van der Waals surface area contributed by atoms with Crippen LogP contribution in [0.25, 0.3) is 0 Å². The zero-order chi connectivity index (χ0) is 10.1. The van der Waals surface area contributed by atoms with Crippen LogP contribution in [0, 0.1) is 16.0 Å². The smallest absolute Gasteiger partial charge is 0.363 e. The second kappa shape index (κ2) is 3.25. The molecule has 0 spiro atoms. The van der Waals surface area contributed by atoms with E-state index in [1.54, 1.807) is 6.07 Å². The van der Waals surface area contributed by atoms with Crippen LogP contribution in [0.1, 0.15) is 13.3 Å². The fourth-order valence-corrected chi connectivity index (χ4v) is 1.32. The number of anilines is 1. The maximum Gasteiger partial charge on any atom is 0.363 e. The molecule has 5 heteroatoms. The van der Waals surface area contributed by atoms with E-state index in [1.807, 2.05) is 0 Å². The van der Waals surface area contributed by atoms with E-state index in [0.29, 0.717) is 12.0 Å². The molecule has 5 nitrogen and oxygen atoms in total. The number of aromatic nitrogens is 1. The van der Waals surface area contributed by atoms with E-state index in [0.717, 1.165) is 12.1 Å². The van der Waals surface area contributed by atoms with Gasteiger partial charge in [0.1, 0.15) is 0 Å². The van der Waals surface area contributed by atoms with Crippen molar-refractivity contribution in [3.8, 4) is 0 Å². The van der Waals surface area contributed by atoms with Crippen molar-refractivity contribution in [1.82, 2.24) is 4.98 Å². The van der Waals surface area contributed by atoms with Crippen LogP contribution in [-0.4, -0.2) is 15.9 Å². The molecule has 74 valence electrons. The van der Waals surface area contributed by atoms with Crippen LogP contribution in [0.3, 0.4) is 0 Å². The highest BCUT2D eigenvalue weighted by molar-refractivity contribution is 5.45. The van der Waals surface area contributed by atoms with Gasteiger partial charge in [-0.1, -0.05) is 6.92 Å². The highest BCUT2D eigenvalue weighted by Gasteiger charge is 2.32. The van der Waals surface area contributed by atoms with Crippen molar-refractivity contribution in [1.29, 1.82) is 0 Å². The summed E-state index contributed by atoms with van der Waals surface area (Å²) < 4.78 is 0. The summed E-state index contributed by atoms with van der Waals surface area (Å²) in [6, 6.07) is 3.62. The number of hydrogen-bond donors (Lipinski definition) is 1. The van der Waals surface area contributed by atoms with Crippen molar-refractivity contribution < 1.29 is 4.92 Å². The Balaban J connectivity index is 2.02. The fraction of sp³-hybridized carbons (Fsp3) is 0.444. The monoisotopic (exact) mass is 193 g/mol. The van der Waals surface area contributed by atoms with Crippen LogP contribution in [-0.2, 0) is 0 Å². The highest BCUT2D eigenvalue weighted by Crippen LogP contribution is 2.32. The standard InChI is InChI=1S/C9H11N3O2/c1-6-4-8(6)11-7-2-3-9(10-5-7)12(13)14/h2-3,5-6,8,11H,4H2,1H3. The third-order valence-electron chi connectivity index (χ3n) is 2.40. The molecule has 2 rings (SSSR count). The minimum atomic E-state index is -0.496. The third kappa shape index (κ3) is 1.81. The van der Waals surface area contributed by atoms with E-state index < -0.39 is 4.92 Å². The first-order valence-corrected chi connectivity index (χ1v) is 4.54. The van der Waals surface area contributed by atoms with E-state index in [1.165, 1.54) is 12.3 Å². The summed E-state index contributed by atoms with van der Waals surface area (Å²) >= 11 is 0. The van der Waals surface area contributed by atoms with Gasteiger partial charge in [-0.2, -0.15) is 0 Å². The van der Waals surface area contributed by atoms with E-state index >= 15 is 0 Å². The van der Waals surface area contributed by atoms with Gasteiger partial charge in [0.25, 0.3) is 0 Å². The zero-order valence-corrected chi connectivity index (χ0v) is 7.80. The quantitative estimate of drug-likeness (QED) is 0.587. The number of nitrogens with one attached hydrogen (secondary N) is 1. The Morgan fingerprint density at radius 2 is 2.36 bits per heavy atom. The van der Waals surface area contributed by atoms with Crippen molar-refractivity contribution >= 4 is 11.5 Å². The minimum Gasteiger partial charge on any atom is -0.379 e. The van der Waals surface area contributed by atoms with Gasteiger partial charge in [0.15, 0.2) is 6.20 Å². The molecule has 0 bridgehead atoms. The Morgan fingerprint density at radius 1 is 1.64 bits per heavy atom. The number of pyridine rings is 1. The van der Waals surface area contributed by atoms with E-state index in [4.69, 9.17) is 0 Å². The molecule has 0 aromatic carbocycles. The van der Waals surface area contributed by atoms with Crippen LogP contribution in [0.15, 0.2) is 18.3 Å². The van der Waals surface area contributed by atoms with Gasteiger partial charge in [0.05, 0.1) is 5.69 Å². The summed E-state index contributed by atoms with van der Waals surface area (Å²) in [6.07, 6.45) is 2.67. The van der Waals surface area contributed by atoms with Gasteiger partial charge in [-0.15, -0.1) is 0 Å². The average molecular weight is 193 g/mol. The summed E-state index contributed by atoms with van der Waals surface area (Å²) in [5.41, 5.74) is 0.852. The molecule has 2 atom stereocenters. The third-order valence-corrected chi connectivity index (χ3v) is 2.40. The summed E-state index contributed by atoms with van der Waals surface area (Å²) in [5, 5.41) is 13.6. The SMILES string of the molecule is CC1CC1Nc1ccc([N+](=O)[O-])nc1. The number of nitro groups is 1. The number of nitrogens with zero attached hydrogens (tertiary/aromatic N) is 2. The maximum absolute atomic E-state index is 10.3. The molecule has 1 heterocycles. The van der Waals surface area contributed by atoms with Crippen LogP contribution in [0.4, 0.5) is 11.5 Å². The molecule has 0 radical (unpaired) electrons. The van der Waals surface area contributed by atoms with Crippen molar-refractivity contribution in [2.24, 2.45) is 5.92 Å². The lowest BCUT2D eigenvalue weighted by Crippen LogP contribution is -2.03. The Bertz CT molecular complexity index is 350. The van der Waals surface area contributed by atoms with Gasteiger partial charge < -0.3 is 15.4 Å². The van der Waals surface area contributed by atoms with Crippen molar-refractivity contribution in [2.45, 2.75) is 19.4 Å². The highest BCUT2D eigenvalue weighted by atomic mass is 16.6. The van der Waals surface area contributed by atoms with E-state index in [9.17, 15) is 10.1 Å². The molecule has 0 saturated heterocycles. The predicted molar refractivity (Wildman–Crippen MR) is 52.1 cm³/mol. The second-order valence-electron chi connectivity index (χ2n) is 3.63. The topological polar surface area (TPSA) is 68.1 Å². The maximum atomic E-state index is 10.3. The second-order valence-corrected chi connectivity index (χ2v) is 3.63. The summed E-state index contributed by atoms with van der Waals surface area (Å²) in [5.74, 6) is 0.588. The molecule has 1 aliphatic carbocycles. The molecule has 0 amide bonds. The van der Waals surface area contributed by atoms with Crippen molar-refractivity contribution in [3.63, 3.8) is 0 Å². The lowest BCUT2D eigenvalue weighted by atomic mass is 10.4. The molecular formula is C9H11N3O2. The molecule has 1 aromatic heterocycles. The first-order valence-electron chi connectivity index (χ1n) is 4.54. The lowest BCUT2D eigenvalue weighted by Gasteiger charge is -2.01. The zero-order valence-electron chi connectivity index (χ0n) is 7.80. The fourth-order valence-electron chi connectivity index (χ4n) is 1.32. The van der Waals surface area contributed by atoms with E-state index in [2.05, 4.69) is 17.2 Å². The molecule has 0 aliphatic heterocycles. The van der Waals surface area contributed by atoms with Crippen LogP contribution >= 0.6 is 0 Å². The molecule has 1 aliphatic rings. The molecule has 1 aromatic rings. The summed E-state index contributed by atoms with van der Waals surface area (Å²) in [6.45, 7) is 2.16. The molecule has 14 heavy (non-hydrogen) atoms. The van der Waals surface area contributed by atoms with Gasteiger partial charge in [-0.3, -0.25) is 0 Å². The van der Waals surface area contributed by atoms with Crippen LogP contribution < -0.4 is 5.32 Å². The van der Waals surface area contributed by atoms with Gasteiger partial charge in [0, 0.05) is 12.1 Å². The molecular weight excluding hydrogens is 182 g/mol. The predicted octanol–water partition coefficient (Wildman–Crippen LogP) is 1.81. The van der Waals surface area contributed by atoms with Gasteiger partial charge >= 0.3 is 5.82 Å². The Kier molecular flexibility index (Phi) is 2.07. The number of hydrogen-bond acceptors (Lipinski definition) is 4. The molecule has 1 saturated carbocycles. The summed E-state index contributed by atoms with van der Waals surface area (Å²) in [4.78, 5) is 13.5. The average Bonchev–Trinajstić information content (AvgIpc) is 2.82. The first kappa shape index (κ1) is 8.93. The van der Waals surface area contributed by atoms with Crippen molar-refractivity contribution in [3.05, 3.63) is 28.4 Å². The lowest BCUT2D eigenvalue weighted by molar-refractivity contribution is -0.389. The van der Waals surface area contributed by atoms with Gasteiger partial charge in [-0.05, 0) is 28.3 Å². The van der Waals surface area contributed by atoms with Gasteiger partial charge in [0.2, 0.25) is 0 Å². The van der Waals surface area contributed by atoms with Crippen LogP contribution in [0.5, 0.6) is 0 Å². The number of rotatable bonds is 3. The summed E-state index contributed by atoms with van der Waals surface area (Å²) in [7, 11) is 0. The Morgan fingerprint density at radius 3 is 2.79 bits per heavy atom. The molecule has 1 N–H and O–H groups in total. The van der Waals surface area contributed by atoms with E-state index in [-0.39, 0.29) is 5.82 Å². The Hall–Kier alpha value is -1.65. The Labute approximate surface area is 81.3 Å². The molecule has 2 unspecified atom stereocenters. The van der Waals surface area contributed by atoms with Crippen LogP contribution in [0.2, 0.25) is 0 Å². The minimum absolute atomic E-state index is 0.112. The first-order chi connectivity index (χ1) is 6.66. The van der Waals surface area contributed by atoms with Crippen molar-refractivity contribution in [2.75, 3.05) is 5.32 Å². The molecule has 1 fully saturated rings. The normalized spacial score (nSPS) is 24.4.